The number of benzene rings is 4. The van der Waals surface area contributed by atoms with Gasteiger partial charge < -0.3 is 4.74 Å². The highest BCUT2D eigenvalue weighted by molar-refractivity contribution is 6.15. The SMILES string of the molecule is COc1ccc2ccccc2c1-c1c(C(=O)N(O)C(C(C)C)C(C)C)ccc2ccccc12. The number of hydrogen-bond donors (Lipinski definition) is 1. The molecule has 0 fully saturated rings. The Morgan fingerprint density at radius 2 is 1.27 bits per heavy atom. The molecular formula is C29H31NO3. The Hall–Kier alpha value is -3.37. The maximum absolute atomic E-state index is 13.8. The van der Waals surface area contributed by atoms with Crippen molar-refractivity contribution in [1.29, 1.82) is 0 Å². The van der Waals surface area contributed by atoms with Gasteiger partial charge in [-0.25, -0.2) is 5.06 Å². The maximum Gasteiger partial charge on any atom is 0.278 e. The van der Waals surface area contributed by atoms with Crippen LogP contribution in [0.25, 0.3) is 32.7 Å². The number of amides is 1. The Kier molecular flexibility index (Phi) is 6.39. The van der Waals surface area contributed by atoms with Gasteiger partial charge in [0.15, 0.2) is 0 Å². The van der Waals surface area contributed by atoms with E-state index in [2.05, 4.69) is 6.07 Å². The number of carbonyl (C=O) groups excluding carboxylic acids is 1. The third kappa shape index (κ3) is 4.07. The Morgan fingerprint density at radius 3 is 1.82 bits per heavy atom. The van der Waals surface area contributed by atoms with Crippen molar-refractivity contribution in [3.8, 4) is 16.9 Å². The predicted molar refractivity (Wildman–Crippen MR) is 135 cm³/mol. The number of carbonyl (C=O) groups is 1. The highest BCUT2D eigenvalue weighted by Crippen LogP contribution is 2.43. The first-order valence-corrected chi connectivity index (χ1v) is 11.5. The van der Waals surface area contributed by atoms with E-state index in [1.807, 2.05) is 94.4 Å². The van der Waals surface area contributed by atoms with Crippen LogP contribution in [0.1, 0.15) is 38.1 Å². The molecule has 4 aromatic carbocycles. The number of ether oxygens (including phenoxy) is 1. The van der Waals surface area contributed by atoms with E-state index in [1.165, 1.54) is 0 Å². The van der Waals surface area contributed by atoms with E-state index in [4.69, 9.17) is 4.74 Å². The lowest BCUT2D eigenvalue weighted by molar-refractivity contribution is -0.112. The topological polar surface area (TPSA) is 49.8 Å². The molecule has 4 rings (SSSR count). The standard InChI is InChI=1S/C29H31NO3/c1-18(2)28(19(3)4)30(32)29(31)24-16-14-20-10-6-8-12-22(20)26(24)27-23-13-9-7-11-21(23)15-17-25(27)33-5/h6-19,28,32H,1-5H3. The van der Waals surface area contributed by atoms with Gasteiger partial charge in [-0.2, -0.15) is 0 Å². The first kappa shape index (κ1) is 22.8. The van der Waals surface area contributed by atoms with Crippen LogP contribution in [0.4, 0.5) is 0 Å². The van der Waals surface area contributed by atoms with E-state index in [9.17, 15) is 10.0 Å². The average Bonchev–Trinajstić information content (AvgIpc) is 2.81. The lowest BCUT2D eigenvalue weighted by Gasteiger charge is -2.33. The van der Waals surface area contributed by atoms with Gasteiger partial charge in [0, 0.05) is 11.1 Å². The summed E-state index contributed by atoms with van der Waals surface area (Å²) in [7, 11) is 1.64. The second-order valence-electron chi connectivity index (χ2n) is 9.20. The minimum atomic E-state index is -0.404. The molecule has 0 atom stereocenters. The zero-order valence-corrected chi connectivity index (χ0v) is 19.9. The number of rotatable bonds is 6. The summed E-state index contributed by atoms with van der Waals surface area (Å²) in [6, 6.07) is 23.5. The van der Waals surface area contributed by atoms with Gasteiger partial charge >= 0.3 is 0 Å². The fourth-order valence-corrected chi connectivity index (χ4v) is 4.99. The summed E-state index contributed by atoms with van der Waals surface area (Å²) < 4.78 is 5.79. The van der Waals surface area contributed by atoms with E-state index in [-0.39, 0.29) is 17.9 Å². The molecule has 4 nitrogen and oxygen atoms in total. The van der Waals surface area contributed by atoms with Crippen molar-refractivity contribution >= 4 is 27.5 Å². The van der Waals surface area contributed by atoms with E-state index in [1.54, 1.807) is 7.11 Å². The summed E-state index contributed by atoms with van der Waals surface area (Å²) in [5.41, 5.74) is 2.09. The van der Waals surface area contributed by atoms with E-state index in [0.717, 1.165) is 37.7 Å². The average molecular weight is 442 g/mol. The highest BCUT2D eigenvalue weighted by Gasteiger charge is 2.31. The van der Waals surface area contributed by atoms with Crippen molar-refractivity contribution < 1.29 is 14.7 Å². The second-order valence-corrected chi connectivity index (χ2v) is 9.20. The molecule has 0 spiro atoms. The second kappa shape index (κ2) is 9.24. The Bertz CT molecular complexity index is 1300. The van der Waals surface area contributed by atoms with Crippen molar-refractivity contribution in [3.05, 3.63) is 78.4 Å². The van der Waals surface area contributed by atoms with Crippen LogP contribution in [0.5, 0.6) is 5.75 Å². The molecule has 170 valence electrons. The van der Waals surface area contributed by atoms with Crippen LogP contribution in [-0.2, 0) is 0 Å². The number of nitrogens with zero attached hydrogens (tertiary/aromatic N) is 1. The number of fused-ring (bicyclic) bond motifs is 2. The molecule has 4 heteroatoms. The molecule has 0 aliphatic rings. The normalized spacial score (nSPS) is 11.7. The van der Waals surface area contributed by atoms with Crippen LogP contribution in [-0.4, -0.2) is 29.3 Å². The van der Waals surface area contributed by atoms with Gasteiger partial charge in [-0.3, -0.25) is 10.0 Å². The maximum atomic E-state index is 13.8. The first-order chi connectivity index (χ1) is 15.8. The summed E-state index contributed by atoms with van der Waals surface area (Å²) in [5.74, 6) is 0.496. The van der Waals surface area contributed by atoms with Gasteiger partial charge in [0.05, 0.1) is 18.7 Å². The van der Waals surface area contributed by atoms with Gasteiger partial charge in [0.2, 0.25) is 0 Å². The van der Waals surface area contributed by atoms with Gasteiger partial charge in [-0.05, 0) is 45.5 Å². The lowest BCUT2D eigenvalue weighted by Crippen LogP contribution is -2.44. The molecule has 0 aliphatic heterocycles. The fraction of sp³-hybridized carbons (Fsp3) is 0.276. The van der Waals surface area contributed by atoms with Crippen molar-refractivity contribution in [2.75, 3.05) is 7.11 Å². The summed E-state index contributed by atoms with van der Waals surface area (Å²) >= 11 is 0. The van der Waals surface area contributed by atoms with Crippen LogP contribution in [0.3, 0.4) is 0 Å². The number of hydrogen-bond acceptors (Lipinski definition) is 3. The van der Waals surface area contributed by atoms with E-state index >= 15 is 0 Å². The Balaban J connectivity index is 2.05. The molecule has 0 aliphatic carbocycles. The lowest BCUT2D eigenvalue weighted by atomic mass is 9.88. The van der Waals surface area contributed by atoms with Crippen LogP contribution in [0.2, 0.25) is 0 Å². The zero-order chi connectivity index (χ0) is 23.7. The van der Waals surface area contributed by atoms with Crippen molar-refractivity contribution in [3.63, 3.8) is 0 Å². The first-order valence-electron chi connectivity index (χ1n) is 11.5. The summed E-state index contributed by atoms with van der Waals surface area (Å²) in [5, 5.41) is 16.1. The van der Waals surface area contributed by atoms with Crippen molar-refractivity contribution in [2.24, 2.45) is 11.8 Å². The minimum absolute atomic E-state index is 0.106. The molecule has 0 aromatic heterocycles. The molecule has 33 heavy (non-hydrogen) atoms. The Morgan fingerprint density at radius 1 is 0.758 bits per heavy atom. The molecule has 0 saturated heterocycles. The molecule has 0 unspecified atom stereocenters. The van der Waals surface area contributed by atoms with Gasteiger partial charge in [0.1, 0.15) is 5.75 Å². The zero-order valence-electron chi connectivity index (χ0n) is 19.9. The summed E-state index contributed by atoms with van der Waals surface area (Å²) in [4.78, 5) is 13.8. The van der Waals surface area contributed by atoms with Gasteiger partial charge in [-0.15, -0.1) is 0 Å². The van der Waals surface area contributed by atoms with Crippen LogP contribution >= 0.6 is 0 Å². The molecule has 4 aromatic rings. The molecule has 0 saturated carbocycles. The predicted octanol–water partition coefficient (Wildman–Crippen LogP) is 7.18. The largest absolute Gasteiger partial charge is 0.496 e. The van der Waals surface area contributed by atoms with Crippen molar-refractivity contribution in [2.45, 2.75) is 33.7 Å². The third-order valence-electron chi connectivity index (χ3n) is 6.38. The van der Waals surface area contributed by atoms with Gasteiger partial charge in [-0.1, -0.05) is 88.4 Å². The quantitative estimate of drug-likeness (QED) is 0.255. The fourth-order valence-electron chi connectivity index (χ4n) is 4.99. The van der Waals surface area contributed by atoms with Gasteiger partial charge in [0.25, 0.3) is 5.91 Å². The number of methoxy groups -OCH3 is 1. The number of hydroxylamine groups is 2. The molecule has 0 heterocycles. The van der Waals surface area contributed by atoms with Crippen LogP contribution < -0.4 is 4.74 Å². The van der Waals surface area contributed by atoms with E-state index in [0.29, 0.717) is 11.3 Å². The van der Waals surface area contributed by atoms with Crippen molar-refractivity contribution in [1.82, 2.24) is 5.06 Å². The molecule has 0 bridgehead atoms. The van der Waals surface area contributed by atoms with Crippen LogP contribution in [0.15, 0.2) is 72.8 Å². The minimum Gasteiger partial charge on any atom is -0.496 e. The molecular weight excluding hydrogens is 410 g/mol. The molecule has 1 amide bonds. The highest BCUT2D eigenvalue weighted by atomic mass is 16.5. The molecule has 1 N–H and O–H groups in total. The summed E-state index contributed by atoms with van der Waals surface area (Å²) in [6.45, 7) is 8.10. The van der Waals surface area contributed by atoms with Crippen LogP contribution in [0, 0.1) is 11.8 Å². The van der Waals surface area contributed by atoms with E-state index < -0.39 is 5.91 Å². The monoisotopic (exact) mass is 441 g/mol. The Labute approximate surface area is 195 Å². The third-order valence-corrected chi connectivity index (χ3v) is 6.38. The molecule has 0 radical (unpaired) electrons. The smallest absolute Gasteiger partial charge is 0.278 e. The summed E-state index contributed by atoms with van der Waals surface area (Å²) in [6.07, 6.45) is 0.